The van der Waals surface area contributed by atoms with Crippen molar-refractivity contribution in [3.8, 4) is 11.1 Å². The molecular weight excluding hydrogens is 542 g/mol. The lowest BCUT2D eigenvalue weighted by Gasteiger charge is -2.29. The Kier molecular flexibility index (Phi) is 5.89. The van der Waals surface area contributed by atoms with Crippen molar-refractivity contribution >= 4 is 70.9 Å². The highest BCUT2D eigenvalue weighted by atomic mass is 15.1. The Hall–Kier alpha value is -5.92. The van der Waals surface area contributed by atoms with Crippen LogP contribution in [0, 0.1) is 0 Å². The van der Waals surface area contributed by atoms with Crippen LogP contribution in [0.25, 0.3) is 65.0 Å². The lowest BCUT2D eigenvalue weighted by atomic mass is 9.95. The summed E-state index contributed by atoms with van der Waals surface area (Å²) >= 11 is 0. The van der Waals surface area contributed by atoms with Gasteiger partial charge in [0.15, 0.2) is 0 Å². The number of rotatable bonds is 4. The fourth-order valence-electron chi connectivity index (χ4n) is 7.14. The topological polar surface area (TPSA) is 3.24 Å². The summed E-state index contributed by atoms with van der Waals surface area (Å²) in [6, 6.07) is 64.1. The lowest BCUT2D eigenvalue weighted by Crippen LogP contribution is -2.11. The Morgan fingerprint density at radius 2 is 0.778 bits per heavy atom. The Balaban J connectivity index is 1.33. The van der Waals surface area contributed by atoms with Gasteiger partial charge in [-0.25, -0.2) is 0 Å². The van der Waals surface area contributed by atoms with Crippen molar-refractivity contribution in [3.05, 3.63) is 176 Å². The highest BCUT2D eigenvalue weighted by Gasteiger charge is 2.19. The fourth-order valence-corrected chi connectivity index (χ4v) is 7.14. The molecule has 0 aliphatic heterocycles. The largest absolute Gasteiger partial charge is 0.309 e. The highest BCUT2D eigenvalue weighted by Crippen LogP contribution is 2.44. The van der Waals surface area contributed by atoms with Crippen LogP contribution in [0.3, 0.4) is 0 Å². The van der Waals surface area contributed by atoms with Crippen LogP contribution >= 0.6 is 0 Å². The van der Waals surface area contributed by atoms with Crippen LogP contribution in [0.15, 0.2) is 176 Å². The minimum atomic E-state index is 1.13. The summed E-state index contributed by atoms with van der Waals surface area (Å²) < 4.78 is 0. The molecule has 0 spiro atoms. The molecule has 0 N–H and O–H groups in total. The van der Waals surface area contributed by atoms with Crippen LogP contribution in [0.4, 0.5) is 17.1 Å². The summed E-state index contributed by atoms with van der Waals surface area (Å²) in [5.41, 5.74) is 5.89. The van der Waals surface area contributed by atoms with E-state index in [0.717, 1.165) is 17.1 Å². The quantitative estimate of drug-likeness (QED) is 0.190. The second kappa shape index (κ2) is 10.4. The third kappa shape index (κ3) is 4.17. The zero-order chi connectivity index (χ0) is 29.7. The maximum absolute atomic E-state index is 2.45. The molecule has 210 valence electrons. The van der Waals surface area contributed by atoms with E-state index < -0.39 is 0 Å². The first kappa shape index (κ1) is 25.6. The molecule has 0 amide bonds. The van der Waals surface area contributed by atoms with E-state index in [1.54, 1.807) is 0 Å². The van der Waals surface area contributed by atoms with Crippen LogP contribution in [-0.2, 0) is 0 Å². The molecule has 1 heteroatoms. The van der Waals surface area contributed by atoms with E-state index in [1.807, 2.05) is 0 Å². The molecule has 1 nitrogen and oxygen atoms in total. The molecule has 0 aromatic heterocycles. The second-order valence-corrected chi connectivity index (χ2v) is 11.7. The van der Waals surface area contributed by atoms with Crippen LogP contribution in [0.5, 0.6) is 0 Å². The molecule has 0 unspecified atom stereocenters. The summed E-state index contributed by atoms with van der Waals surface area (Å²) in [6.45, 7) is 0. The number of benzene rings is 9. The average Bonchev–Trinajstić information content (AvgIpc) is 3.11. The molecule has 0 saturated carbocycles. The van der Waals surface area contributed by atoms with Crippen molar-refractivity contribution in [1.82, 2.24) is 0 Å². The molecule has 0 heterocycles. The Morgan fingerprint density at radius 3 is 1.60 bits per heavy atom. The van der Waals surface area contributed by atoms with Crippen LogP contribution in [0.1, 0.15) is 0 Å². The van der Waals surface area contributed by atoms with Gasteiger partial charge in [-0.1, -0.05) is 152 Å². The van der Waals surface area contributed by atoms with Gasteiger partial charge in [-0.15, -0.1) is 0 Å². The highest BCUT2D eigenvalue weighted by molar-refractivity contribution is 6.20. The predicted molar refractivity (Wildman–Crippen MR) is 194 cm³/mol. The monoisotopic (exact) mass is 571 g/mol. The number of anilines is 3. The molecule has 0 saturated heterocycles. The van der Waals surface area contributed by atoms with E-state index in [9.17, 15) is 0 Å². The minimum absolute atomic E-state index is 1.13. The molecule has 0 radical (unpaired) electrons. The van der Waals surface area contributed by atoms with E-state index in [-0.39, 0.29) is 0 Å². The van der Waals surface area contributed by atoms with Gasteiger partial charge in [-0.2, -0.15) is 0 Å². The van der Waals surface area contributed by atoms with Crippen molar-refractivity contribution in [2.24, 2.45) is 0 Å². The zero-order valence-corrected chi connectivity index (χ0v) is 24.7. The van der Waals surface area contributed by atoms with Gasteiger partial charge < -0.3 is 4.90 Å². The first-order chi connectivity index (χ1) is 22.3. The van der Waals surface area contributed by atoms with Gasteiger partial charge in [-0.05, 0) is 78.5 Å². The van der Waals surface area contributed by atoms with Gasteiger partial charge in [0.2, 0.25) is 0 Å². The van der Waals surface area contributed by atoms with E-state index >= 15 is 0 Å². The zero-order valence-electron chi connectivity index (χ0n) is 24.7. The minimum Gasteiger partial charge on any atom is -0.309 e. The van der Waals surface area contributed by atoms with Crippen molar-refractivity contribution in [1.29, 1.82) is 0 Å². The second-order valence-electron chi connectivity index (χ2n) is 11.7. The Labute approximate surface area is 262 Å². The van der Waals surface area contributed by atoms with Crippen LogP contribution < -0.4 is 4.90 Å². The first-order valence-corrected chi connectivity index (χ1v) is 15.5. The summed E-state index contributed by atoms with van der Waals surface area (Å²) in [6.07, 6.45) is 0. The van der Waals surface area contributed by atoms with Crippen molar-refractivity contribution in [3.63, 3.8) is 0 Å². The molecule has 0 aliphatic carbocycles. The number of nitrogens with zero attached hydrogens (tertiary/aromatic N) is 1. The normalized spacial score (nSPS) is 11.6. The molecule has 9 aromatic carbocycles. The van der Waals surface area contributed by atoms with Gasteiger partial charge in [0.1, 0.15) is 0 Å². The van der Waals surface area contributed by atoms with Gasteiger partial charge in [0.05, 0.1) is 11.4 Å². The van der Waals surface area contributed by atoms with Gasteiger partial charge >= 0.3 is 0 Å². The van der Waals surface area contributed by atoms with E-state index in [1.165, 1.54) is 65.0 Å². The molecule has 0 aliphatic rings. The van der Waals surface area contributed by atoms with Crippen LogP contribution in [-0.4, -0.2) is 0 Å². The Morgan fingerprint density at radius 1 is 0.289 bits per heavy atom. The molecule has 9 aromatic rings. The Bertz CT molecular complexity index is 2550. The molecule has 0 atom stereocenters. The number of hydrogen-bond donors (Lipinski definition) is 0. The first-order valence-electron chi connectivity index (χ1n) is 15.5. The smallest absolute Gasteiger partial charge is 0.0540 e. The van der Waals surface area contributed by atoms with Crippen molar-refractivity contribution < 1.29 is 0 Å². The third-order valence-corrected chi connectivity index (χ3v) is 9.21. The summed E-state index contributed by atoms with van der Waals surface area (Å²) in [5.74, 6) is 0. The van der Waals surface area contributed by atoms with E-state index in [2.05, 4.69) is 181 Å². The molecular formula is C44H29N. The van der Waals surface area contributed by atoms with Gasteiger partial charge in [-0.3, -0.25) is 0 Å². The van der Waals surface area contributed by atoms with Crippen molar-refractivity contribution in [2.45, 2.75) is 0 Å². The maximum Gasteiger partial charge on any atom is 0.0540 e. The summed E-state index contributed by atoms with van der Waals surface area (Å²) in [4.78, 5) is 2.45. The van der Waals surface area contributed by atoms with Crippen LogP contribution in [0.2, 0.25) is 0 Å². The van der Waals surface area contributed by atoms with Gasteiger partial charge in [0.25, 0.3) is 0 Å². The summed E-state index contributed by atoms with van der Waals surface area (Å²) in [5, 5.41) is 12.6. The molecule has 9 rings (SSSR count). The predicted octanol–water partition coefficient (Wildman–Crippen LogP) is 12.6. The standard InChI is InChI=1S/C44H29N/c1-4-18-35-30(11-1)14-8-21-37(35)33-16-7-17-34(29-33)45(43-23-9-15-31-12-3-6-20-38(31)43)44-24-10-22-39-41-26-25-32-13-2-5-19-36(32)40(41)27-28-42(39)44/h1-29H. The SMILES string of the molecule is c1cc(-c2cccc3ccccc23)cc(N(c2cccc3ccccc23)c2cccc3c2ccc2c4ccccc4ccc32)c1. The number of fused-ring (bicyclic) bond motifs is 7. The third-order valence-electron chi connectivity index (χ3n) is 9.21. The molecule has 0 fully saturated rings. The van der Waals surface area contributed by atoms with E-state index in [0.29, 0.717) is 0 Å². The fraction of sp³-hybridized carbons (Fsp3) is 0. The average molecular weight is 572 g/mol. The van der Waals surface area contributed by atoms with Gasteiger partial charge in [0, 0.05) is 16.5 Å². The summed E-state index contributed by atoms with van der Waals surface area (Å²) in [7, 11) is 0. The molecule has 45 heavy (non-hydrogen) atoms. The lowest BCUT2D eigenvalue weighted by molar-refractivity contribution is 1.31. The maximum atomic E-state index is 2.45. The number of hydrogen-bond acceptors (Lipinski definition) is 1. The van der Waals surface area contributed by atoms with E-state index in [4.69, 9.17) is 0 Å². The van der Waals surface area contributed by atoms with Crippen molar-refractivity contribution in [2.75, 3.05) is 4.90 Å². The molecule has 0 bridgehead atoms.